The van der Waals surface area contributed by atoms with E-state index in [0.717, 1.165) is 10.4 Å². The molecular formula is C11H12O4S. The summed E-state index contributed by atoms with van der Waals surface area (Å²) >= 11 is 1.48. The first-order valence-electron chi connectivity index (χ1n) is 4.90. The summed E-state index contributed by atoms with van der Waals surface area (Å²) < 4.78 is 10.7. The standard InChI is InChI=1S/C11H12O4S/c1-7(10(12)13)4-9-5-8(6-16-9)11-14-2-3-15-11/h4-6,11H,2-3H2,1H3,(H,12,13). The van der Waals surface area contributed by atoms with E-state index in [-0.39, 0.29) is 6.29 Å². The maximum absolute atomic E-state index is 10.7. The molecule has 0 radical (unpaired) electrons. The van der Waals surface area contributed by atoms with Crippen molar-refractivity contribution in [2.24, 2.45) is 0 Å². The van der Waals surface area contributed by atoms with Gasteiger partial charge in [0.05, 0.1) is 13.2 Å². The van der Waals surface area contributed by atoms with Crippen LogP contribution in [0, 0.1) is 0 Å². The van der Waals surface area contributed by atoms with Crippen LogP contribution < -0.4 is 0 Å². The molecule has 0 unspecified atom stereocenters. The predicted molar refractivity (Wildman–Crippen MR) is 60.3 cm³/mol. The zero-order valence-electron chi connectivity index (χ0n) is 8.80. The number of aliphatic carboxylic acids is 1. The highest BCUT2D eigenvalue weighted by atomic mass is 32.1. The highest BCUT2D eigenvalue weighted by Gasteiger charge is 2.19. The average molecular weight is 240 g/mol. The Hall–Kier alpha value is -1.17. The monoisotopic (exact) mass is 240 g/mol. The van der Waals surface area contributed by atoms with E-state index in [1.54, 1.807) is 13.0 Å². The molecule has 0 aromatic carbocycles. The molecule has 16 heavy (non-hydrogen) atoms. The van der Waals surface area contributed by atoms with Gasteiger partial charge in [-0.25, -0.2) is 4.79 Å². The van der Waals surface area contributed by atoms with Crippen LogP contribution in [0.3, 0.4) is 0 Å². The predicted octanol–water partition coefficient (Wildman–Crippen LogP) is 2.28. The summed E-state index contributed by atoms with van der Waals surface area (Å²) in [4.78, 5) is 11.6. The quantitative estimate of drug-likeness (QED) is 0.823. The zero-order valence-corrected chi connectivity index (χ0v) is 9.62. The minimum absolute atomic E-state index is 0.288. The number of carbonyl (C=O) groups is 1. The van der Waals surface area contributed by atoms with Crippen LogP contribution in [0.5, 0.6) is 0 Å². The largest absolute Gasteiger partial charge is 0.478 e. The van der Waals surface area contributed by atoms with Crippen molar-refractivity contribution in [1.29, 1.82) is 0 Å². The molecule has 1 aromatic rings. The van der Waals surface area contributed by atoms with Gasteiger partial charge >= 0.3 is 5.97 Å². The summed E-state index contributed by atoms with van der Waals surface area (Å²) in [6.45, 7) is 2.80. The highest BCUT2D eigenvalue weighted by molar-refractivity contribution is 7.11. The van der Waals surface area contributed by atoms with E-state index in [1.165, 1.54) is 11.3 Å². The molecule has 2 heterocycles. The number of ether oxygens (including phenoxy) is 2. The first-order chi connectivity index (χ1) is 7.66. The van der Waals surface area contributed by atoms with Gasteiger partial charge in [-0.05, 0) is 24.4 Å². The number of carboxylic acid groups (broad SMARTS) is 1. The SMILES string of the molecule is CC(=Cc1cc(C2OCCO2)cs1)C(=O)O. The summed E-state index contributed by atoms with van der Waals surface area (Å²) in [6.07, 6.45) is 1.36. The molecule has 0 saturated carbocycles. The number of hydrogen-bond acceptors (Lipinski definition) is 4. The number of carboxylic acids is 1. The fourth-order valence-electron chi connectivity index (χ4n) is 1.39. The molecule has 1 fully saturated rings. The molecule has 1 aliphatic heterocycles. The normalized spacial score (nSPS) is 17.9. The van der Waals surface area contributed by atoms with Crippen molar-refractivity contribution >= 4 is 23.4 Å². The molecule has 1 N–H and O–H groups in total. The van der Waals surface area contributed by atoms with Gasteiger partial charge < -0.3 is 14.6 Å². The van der Waals surface area contributed by atoms with Gasteiger partial charge in [-0.1, -0.05) is 0 Å². The Balaban J connectivity index is 2.13. The van der Waals surface area contributed by atoms with E-state index in [4.69, 9.17) is 14.6 Å². The third-order valence-corrected chi connectivity index (χ3v) is 3.13. The Morgan fingerprint density at radius 1 is 1.56 bits per heavy atom. The molecule has 0 atom stereocenters. The first kappa shape index (κ1) is 11.3. The molecule has 1 saturated heterocycles. The van der Waals surface area contributed by atoms with Crippen molar-refractivity contribution < 1.29 is 19.4 Å². The van der Waals surface area contributed by atoms with Crippen molar-refractivity contribution in [3.8, 4) is 0 Å². The first-order valence-corrected chi connectivity index (χ1v) is 5.78. The molecule has 86 valence electrons. The van der Waals surface area contributed by atoms with E-state index in [1.807, 2.05) is 11.4 Å². The topological polar surface area (TPSA) is 55.8 Å². The number of thiophene rings is 1. The molecule has 2 rings (SSSR count). The van der Waals surface area contributed by atoms with Gasteiger partial charge in [-0.15, -0.1) is 11.3 Å². The molecule has 1 aliphatic rings. The fourth-order valence-corrected chi connectivity index (χ4v) is 2.29. The van der Waals surface area contributed by atoms with E-state index in [0.29, 0.717) is 18.8 Å². The third-order valence-electron chi connectivity index (χ3n) is 2.23. The Labute approximate surface area is 97.1 Å². The maximum atomic E-state index is 10.7. The van der Waals surface area contributed by atoms with Crippen molar-refractivity contribution in [2.45, 2.75) is 13.2 Å². The summed E-state index contributed by atoms with van der Waals surface area (Å²) in [5, 5.41) is 10.7. The molecular weight excluding hydrogens is 228 g/mol. The van der Waals surface area contributed by atoms with Gasteiger partial charge in [0, 0.05) is 16.0 Å². The molecule has 0 spiro atoms. The second-order valence-electron chi connectivity index (χ2n) is 3.49. The van der Waals surface area contributed by atoms with E-state index >= 15 is 0 Å². The number of hydrogen-bond donors (Lipinski definition) is 1. The van der Waals surface area contributed by atoms with Crippen LogP contribution in [0.4, 0.5) is 0 Å². The summed E-state index contributed by atoms with van der Waals surface area (Å²) in [6, 6.07) is 1.90. The Morgan fingerprint density at radius 2 is 2.25 bits per heavy atom. The average Bonchev–Trinajstić information content (AvgIpc) is 2.85. The van der Waals surface area contributed by atoms with Gasteiger partial charge in [0.2, 0.25) is 0 Å². The number of rotatable bonds is 3. The second-order valence-corrected chi connectivity index (χ2v) is 4.43. The van der Waals surface area contributed by atoms with Crippen LogP contribution in [0.1, 0.15) is 23.7 Å². The van der Waals surface area contributed by atoms with Gasteiger partial charge in [-0.2, -0.15) is 0 Å². The zero-order chi connectivity index (χ0) is 11.5. The Morgan fingerprint density at radius 3 is 2.88 bits per heavy atom. The van der Waals surface area contributed by atoms with E-state index in [9.17, 15) is 4.79 Å². The van der Waals surface area contributed by atoms with Crippen LogP contribution in [0.2, 0.25) is 0 Å². The van der Waals surface area contributed by atoms with Crippen molar-refractivity contribution in [2.75, 3.05) is 13.2 Å². The van der Waals surface area contributed by atoms with Crippen molar-refractivity contribution in [1.82, 2.24) is 0 Å². The minimum Gasteiger partial charge on any atom is -0.478 e. The lowest BCUT2D eigenvalue weighted by Gasteiger charge is -2.04. The molecule has 0 aliphatic carbocycles. The van der Waals surface area contributed by atoms with Gasteiger partial charge in [-0.3, -0.25) is 0 Å². The fraction of sp³-hybridized carbons (Fsp3) is 0.364. The van der Waals surface area contributed by atoms with Crippen molar-refractivity contribution in [3.63, 3.8) is 0 Å². The lowest BCUT2D eigenvalue weighted by atomic mass is 10.2. The maximum Gasteiger partial charge on any atom is 0.331 e. The van der Waals surface area contributed by atoms with Crippen LogP contribution in [-0.2, 0) is 14.3 Å². The summed E-state index contributed by atoms with van der Waals surface area (Å²) in [5.74, 6) is -0.900. The van der Waals surface area contributed by atoms with Gasteiger partial charge in [0.25, 0.3) is 0 Å². The minimum atomic E-state index is -0.900. The highest BCUT2D eigenvalue weighted by Crippen LogP contribution is 2.28. The molecule has 0 amide bonds. The molecule has 5 heteroatoms. The van der Waals surface area contributed by atoms with Crippen LogP contribution in [0.15, 0.2) is 17.0 Å². The molecule has 0 bridgehead atoms. The second kappa shape index (κ2) is 4.78. The van der Waals surface area contributed by atoms with Gasteiger partial charge in [0.1, 0.15) is 0 Å². The van der Waals surface area contributed by atoms with Crippen LogP contribution in [0.25, 0.3) is 6.08 Å². The van der Waals surface area contributed by atoms with E-state index < -0.39 is 5.97 Å². The van der Waals surface area contributed by atoms with E-state index in [2.05, 4.69) is 0 Å². The Kier molecular flexibility index (Phi) is 3.38. The smallest absolute Gasteiger partial charge is 0.331 e. The van der Waals surface area contributed by atoms with Crippen LogP contribution >= 0.6 is 11.3 Å². The molecule has 1 aromatic heterocycles. The van der Waals surface area contributed by atoms with Gasteiger partial charge in [0.15, 0.2) is 6.29 Å². The summed E-state index contributed by atoms with van der Waals surface area (Å²) in [7, 11) is 0. The third kappa shape index (κ3) is 2.49. The van der Waals surface area contributed by atoms with Crippen LogP contribution in [-0.4, -0.2) is 24.3 Å². The lowest BCUT2D eigenvalue weighted by Crippen LogP contribution is -1.95. The van der Waals surface area contributed by atoms with Crippen molar-refractivity contribution in [3.05, 3.63) is 27.5 Å². The Bertz CT molecular complexity index is 415. The molecule has 4 nitrogen and oxygen atoms in total. The summed E-state index contributed by atoms with van der Waals surface area (Å²) in [5.41, 5.74) is 1.27. The lowest BCUT2D eigenvalue weighted by molar-refractivity contribution is -0.132.